The number of phenols is 2. The van der Waals surface area contributed by atoms with Crippen molar-refractivity contribution in [2.75, 3.05) is 0 Å². The number of carbonyl (C=O) groups excluding carboxylic acids is 2. The lowest BCUT2D eigenvalue weighted by molar-refractivity contribution is 0.0581. The normalized spacial score (nSPS) is 18.5. The van der Waals surface area contributed by atoms with Crippen LogP contribution >= 0.6 is 0 Å². The van der Waals surface area contributed by atoms with Crippen LogP contribution in [0.3, 0.4) is 0 Å². The molecule has 0 radical (unpaired) electrons. The molecule has 1 unspecified atom stereocenters. The van der Waals surface area contributed by atoms with E-state index in [1.165, 1.54) is 0 Å². The van der Waals surface area contributed by atoms with E-state index in [9.17, 15) is 19.8 Å². The van der Waals surface area contributed by atoms with Crippen LogP contribution in [0.25, 0.3) is 0 Å². The quantitative estimate of drug-likeness (QED) is 0.570. The van der Waals surface area contributed by atoms with Crippen molar-refractivity contribution in [3.8, 4) is 11.5 Å². The lowest BCUT2D eigenvalue weighted by Gasteiger charge is -2.25. The molecule has 1 aromatic rings. The van der Waals surface area contributed by atoms with Gasteiger partial charge in [0, 0.05) is 12.0 Å². The van der Waals surface area contributed by atoms with Gasteiger partial charge < -0.3 is 14.9 Å². The molecular weight excluding hydrogens is 224 g/mol. The van der Waals surface area contributed by atoms with Crippen molar-refractivity contribution < 1.29 is 24.5 Å². The second-order valence-electron chi connectivity index (χ2n) is 3.81. The van der Waals surface area contributed by atoms with Crippen LogP contribution in [-0.2, 0) is 4.74 Å². The Morgan fingerprint density at radius 2 is 2.06 bits per heavy atom. The van der Waals surface area contributed by atoms with Crippen molar-refractivity contribution in [3.05, 3.63) is 35.1 Å². The topological polar surface area (TPSA) is 83.8 Å². The number of cyclic esters (lactones) is 1. The molecule has 0 saturated heterocycles. The highest BCUT2D eigenvalue weighted by Crippen LogP contribution is 2.42. The number of aldehydes is 1. The number of hydrogen-bond acceptors (Lipinski definition) is 5. The minimum Gasteiger partial charge on any atom is -0.507 e. The van der Waals surface area contributed by atoms with Gasteiger partial charge in [-0.1, -0.05) is 13.5 Å². The third-order valence-corrected chi connectivity index (χ3v) is 2.83. The zero-order chi connectivity index (χ0) is 12.7. The number of phenolic OH excluding ortho intramolecular Hbond substituents is 2. The van der Waals surface area contributed by atoms with Crippen LogP contribution in [0.1, 0.15) is 39.1 Å². The van der Waals surface area contributed by atoms with Crippen molar-refractivity contribution >= 4 is 12.3 Å². The van der Waals surface area contributed by atoms with Gasteiger partial charge in [0.2, 0.25) is 0 Å². The fourth-order valence-electron chi connectivity index (χ4n) is 1.90. The molecule has 0 amide bonds. The number of carbonyl (C=O) groups is 2. The molecule has 0 fully saturated rings. The van der Waals surface area contributed by atoms with Crippen molar-refractivity contribution in [1.29, 1.82) is 0 Å². The minimum absolute atomic E-state index is 0.0249. The van der Waals surface area contributed by atoms with Gasteiger partial charge in [-0.25, -0.2) is 4.79 Å². The summed E-state index contributed by atoms with van der Waals surface area (Å²) in [4.78, 5) is 22.5. The third-order valence-electron chi connectivity index (χ3n) is 2.83. The smallest absolute Gasteiger partial charge is 0.347 e. The van der Waals surface area contributed by atoms with Crippen LogP contribution in [0.5, 0.6) is 11.5 Å². The van der Waals surface area contributed by atoms with Gasteiger partial charge in [0.1, 0.15) is 22.8 Å². The van der Waals surface area contributed by atoms with Gasteiger partial charge in [-0.3, -0.25) is 4.79 Å². The van der Waals surface area contributed by atoms with Gasteiger partial charge in [0.25, 0.3) is 0 Å². The van der Waals surface area contributed by atoms with E-state index < -0.39 is 17.6 Å². The average Bonchev–Trinajstić information content (AvgIpc) is 2.25. The summed E-state index contributed by atoms with van der Waals surface area (Å²) in [5.74, 6) is -1.83. The van der Waals surface area contributed by atoms with Gasteiger partial charge in [-0.15, -0.1) is 0 Å². The molecule has 2 rings (SSSR count). The van der Waals surface area contributed by atoms with E-state index in [0.29, 0.717) is 6.29 Å². The van der Waals surface area contributed by atoms with E-state index in [4.69, 9.17) is 4.74 Å². The molecule has 1 heterocycles. The molecule has 0 aliphatic carbocycles. The number of aromatic hydroxyl groups is 2. The molecule has 0 spiro atoms. The highest BCUT2D eigenvalue weighted by Gasteiger charge is 2.34. The third kappa shape index (κ3) is 1.47. The first kappa shape index (κ1) is 11.2. The molecule has 1 aromatic carbocycles. The molecular formula is C12H10O5. The average molecular weight is 234 g/mol. The predicted octanol–water partition coefficient (Wildman–Crippen LogP) is 1.70. The SMILES string of the molecule is C=C1OC(=O)c2c(O)cc(O)c(C=O)c2C1C. The monoisotopic (exact) mass is 234 g/mol. The molecule has 1 aliphatic rings. The Kier molecular flexibility index (Phi) is 2.38. The molecule has 5 heteroatoms. The van der Waals surface area contributed by atoms with Gasteiger partial charge in [0.05, 0.1) is 5.56 Å². The Bertz CT molecular complexity index is 544. The van der Waals surface area contributed by atoms with Crippen molar-refractivity contribution in [3.63, 3.8) is 0 Å². The molecule has 0 bridgehead atoms. The lowest BCUT2D eigenvalue weighted by Crippen LogP contribution is -2.20. The maximum Gasteiger partial charge on any atom is 0.347 e. The lowest BCUT2D eigenvalue weighted by atomic mass is 9.87. The van der Waals surface area contributed by atoms with Gasteiger partial charge in [-0.2, -0.15) is 0 Å². The summed E-state index contributed by atoms with van der Waals surface area (Å²) in [7, 11) is 0. The fourth-order valence-corrected chi connectivity index (χ4v) is 1.90. The van der Waals surface area contributed by atoms with Gasteiger partial charge in [-0.05, 0) is 5.56 Å². The van der Waals surface area contributed by atoms with Crippen LogP contribution < -0.4 is 0 Å². The van der Waals surface area contributed by atoms with E-state index in [-0.39, 0.29) is 28.2 Å². The molecule has 2 N–H and O–H groups in total. The second-order valence-corrected chi connectivity index (χ2v) is 3.81. The Hall–Kier alpha value is -2.30. The highest BCUT2D eigenvalue weighted by molar-refractivity contribution is 6.00. The van der Waals surface area contributed by atoms with E-state index in [1.807, 2.05) is 0 Å². The standard InChI is InChI=1S/C12H10O5/c1-5-6(2)17-12(16)11-9(15)3-8(14)7(4-13)10(5)11/h3-5,14-15H,2H2,1H3. The minimum atomic E-state index is -0.774. The predicted molar refractivity (Wildman–Crippen MR) is 58.1 cm³/mol. The molecule has 0 saturated carbocycles. The first-order valence-electron chi connectivity index (χ1n) is 4.92. The molecule has 17 heavy (non-hydrogen) atoms. The summed E-state index contributed by atoms with van der Waals surface area (Å²) in [6, 6.07) is 0.949. The Morgan fingerprint density at radius 1 is 1.41 bits per heavy atom. The maximum atomic E-state index is 11.6. The number of benzene rings is 1. The van der Waals surface area contributed by atoms with Crippen LogP contribution in [0.4, 0.5) is 0 Å². The number of allylic oxidation sites excluding steroid dienone is 1. The van der Waals surface area contributed by atoms with E-state index >= 15 is 0 Å². The zero-order valence-corrected chi connectivity index (χ0v) is 9.06. The molecule has 0 aromatic heterocycles. The second kappa shape index (κ2) is 3.62. The van der Waals surface area contributed by atoms with Crippen LogP contribution in [0.2, 0.25) is 0 Å². The van der Waals surface area contributed by atoms with Crippen LogP contribution in [0.15, 0.2) is 18.4 Å². The number of rotatable bonds is 1. The Balaban J connectivity index is 2.85. The number of ether oxygens (including phenoxy) is 1. The van der Waals surface area contributed by atoms with Crippen LogP contribution in [-0.4, -0.2) is 22.5 Å². The summed E-state index contributed by atoms with van der Waals surface area (Å²) < 4.78 is 4.85. The van der Waals surface area contributed by atoms with Gasteiger partial charge >= 0.3 is 5.97 Å². The van der Waals surface area contributed by atoms with E-state index in [0.717, 1.165) is 6.07 Å². The van der Waals surface area contributed by atoms with Crippen molar-refractivity contribution in [2.24, 2.45) is 0 Å². The van der Waals surface area contributed by atoms with Gasteiger partial charge in [0.15, 0.2) is 6.29 Å². The molecule has 88 valence electrons. The van der Waals surface area contributed by atoms with E-state index in [1.54, 1.807) is 6.92 Å². The van der Waals surface area contributed by atoms with E-state index in [2.05, 4.69) is 6.58 Å². The number of fused-ring (bicyclic) bond motifs is 1. The first-order chi connectivity index (χ1) is 7.97. The Labute approximate surface area is 97.0 Å². The number of esters is 1. The summed E-state index contributed by atoms with van der Waals surface area (Å²) in [6.45, 7) is 5.22. The largest absolute Gasteiger partial charge is 0.507 e. The van der Waals surface area contributed by atoms with Crippen LogP contribution in [0, 0.1) is 0 Å². The summed E-state index contributed by atoms with van der Waals surface area (Å²) in [5.41, 5.74) is 0.131. The highest BCUT2D eigenvalue weighted by atomic mass is 16.5. The maximum absolute atomic E-state index is 11.6. The molecule has 1 aliphatic heterocycles. The van der Waals surface area contributed by atoms with Crippen molar-refractivity contribution in [2.45, 2.75) is 12.8 Å². The number of hydrogen-bond donors (Lipinski definition) is 2. The summed E-state index contributed by atoms with van der Waals surface area (Å²) in [5, 5.41) is 19.2. The summed E-state index contributed by atoms with van der Waals surface area (Å²) in [6.07, 6.45) is 0.440. The van der Waals surface area contributed by atoms with Crippen molar-refractivity contribution in [1.82, 2.24) is 0 Å². The summed E-state index contributed by atoms with van der Waals surface area (Å²) >= 11 is 0. The first-order valence-corrected chi connectivity index (χ1v) is 4.92. The fraction of sp³-hybridized carbons (Fsp3) is 0.167. The zero-order valence-electron chi connectivity index (χ0n) is 9.06. The molecule has 1 atom stereocenters. The molecule has 5 nitrogen and oxygen atoms in total. The Morgan fingerprint density at radius 3 is 2.65 bits per heavy atom.